The molecule has 0 aliphatic rings. The number of nitrogens with one attached hydrogen (secondary N) is 1. The maximum atomic E-state index is 12.1. The van der Waals surface area contributed by atoms with Crippen molar-refractivity contribution in [1.29, 1.82) is 0 Å². The van der Waals surface area contributed by atoms with Crippen LogP contribution < -0.4 is 5.32 Å². The number of ether oxygens (including phenoxy) is 1. The van der Waals surface area contributed by atoms with Crippen LogP contribution in [0, 0.1) is 0 Å². The zero-order chi connectivity index (χ0) is 17.5. The second-order valence-corrected chi connectivity index (χ2v) is 5.76. The van der Waals surface area contributed by atoms with Gasteiger partial charge in [0.25, 0.3) is 0 Å². The van der Waals surface area contributed by atoms with Crippen molar-refractivity contribution < 1.29 is 24.2 Å². The molecule has 126 valence electrons. The van der Waals surface area contributed by atoms with Crippen LogP contribution in [0.2, 0.25) is 0 Å². The Kier molecular flexibility index (Phi) is 6.08. The number of hydrogen-bond donors (Lipinski definition) is 2. The number of anilines is 1. The highest BCUT2D eigenvalue weighted by molar-refractivity contribution is 7.13. The molecule has 0 bridgehead atoms. The number of thiophene rings is 1. The molecule has 1 aromatic heterocycles. The van der Waals surface area contributed by atoms with E-state index in [9.17, 15) is 14.4 Å². The average Bonchev–Trinajstić information content (AvgIpc) is 2.97. The third-order valence-electron chi connectivity index (χ3n) is 3.17. The molecule has 2 aromatic rings. The van der Waals surface area contributed by atoms with Crippen LogP contribution in [0.15, 0.2) is 35.7 Å². The quantitative estimate of drug-likeness (QED) is 0.749. The second kappa shape index (κ2) is 8.26. The molecule has 0 saturated heterocycles. The molecule has 0 spiro atoms. The molecule has 0 atom stereocenters. The fraction of sp³-hybridized carbons (Fsp3) is 0.235. The van der Waals surface area contributed by atoms with Crippen molar-refractivity contribution >= 4 is 34.9 Å². The first-order valence-corrected chi connectivity index (χ1v) is 8.26. The Balaban J connectivity index is 2.33. The number of aliphatic carboxylic acids is 1. The minimum absolute atomic E-state index is 0.165. The van der Waals surface area contributed by atoms with E-state index >= 15 is 0 Å². The van der Waals surface area contributed by atoms with E-state index in [1.807, 2.05) is 30.3 Å². The van der Waals surface area contributed by atoms with Crippen LogP contribution in [0.4, 0.5) is 5.69 Å². The molecule has 0 saturated carbocycles. The standard InChI is InChI=1S/C17H17NO5S/c1-2-23-17(22)16-15(18-13(19)8-9-14(20)21)12(10-24-16)11-6-4-3-5-7-11/h3-7,10H,2,8-9H2,1H3,(H,18,19)(H,20,21). The lowest BCUT2D eigenvalue weighted by atomic mass is 10.1. The smallest absolute Gasteiger partial charge is 0.350 e. The Morgan fingerprint density at radius 2 is 1.88 bits per heavy atom. The predicted molar refractivity (Wildman–Crippen MR) is 91.2 cm³/mol. The summed E-state index contributed by atoms with van der Waals surface area (Å²) in [7, 11) is 0. The van der Waals surface area contributed by atoms with Gasteiger partial charge in [-0.2, -0.15) is 0 Å². The summed E-state index contributed by atoms with van der Waals surface area (Å²) in [6.45, 7) is 1.93. The summed E-state index contributed by atoms with van der Waals surface area (Å²) < 4.78 is 5.02. The highest BCUT2D eigenvalue weighted by Gasteiger charge is 2.22. The van der Waals surface area contributed by atoms with Crippen molar-refractivity contribution in [3.05, 3.63) is 40.6 Å². The van der Waals surface area contributed by atoms with Crippen LogP contribution >= 0.6 is 11.3 Å². The van der Waals surface area contributed by atoms with E-state index in [0.29, 0.717) is 16.1 Å². The summed E-state index contributed by atoms with van der Waals surface area (Å²) in [5.41, 5.74) is 1.91. The molecule has 24 heavy (non-hydrogen) atoms. The van der Waals surface area contributed by atoms with Gasteiger partial charge < -0.3 is 15.2 Å². The maximum Gasteiger partial charge on any atom is 0.350 e. The number of esters is 1. The largest absolute Gasteiger partial charge is 0.481 e. The van der Waals surface area contributed by atoms with Crippen molar-refractivity contribution in [2.24, 2.45) is 0 Å². The summed E-state index contributed by atoms with van der Waals surface area (Å²) >= 11 is 1.18. The lowest BCUT2D eigenvalue weighted by molar-refractivity contribution is -0.138. The van der Waals surface area contributed by atoms with Gasteiger partial charge in [-0.1, -0.05) is 30.3 Å². The van der Waals surface area contributed by atoms with E-state index in [0.717, 1.165) is 5.56 Å². The summed E-state index contributed by atoms with van der Waals surface area (Å²) in [5.74, 6) is -2.03. The van der Waals surface area contributed by atoms with Crippen LogP contribution in [0.1, 0.15) is 29.4 Å². The van der Waals surface area contributed by atoms with E-state index in [-0.39, 0.29) is 19.4 Å². The highest BCUT2D eigenvalue weighted by atomic mass is 32.1. The van der Waals surface area contributed by atoms with Crippen LogP contribution in [0.3, 0.4) is 0 Å². The molecule has 7 heteroatoms. The first-order chi connectivity index (χ1) is 11.5. The molecule has 0 radical (unpaired) electrons. The lowest BCUT2D eigenvalue weighted by Gasteiger charge is -2.09. The second-order valence-electron chi connectivity index (χ2n) is 4.88. The van der Waals surface area contributed by atoms with Crippen LogP contribution in [-0.4, -0.2) is 29.6 Å². The predicted octanol–water partition coefficient (Wildman–Crippen LogP) is 3.40. The molecule has 0 unspecified atom stereocenters. The van der Waals surface area contributed by atoms with Gasteiger partial charge in [-0.05, 0) is 12.5 Å². The third kappa shape index (κ3) is 4.42. The Morgan fingerprint density at radius 3 is 2.50 bits per heavy atom. The van der Waals surface area contributed by atoms with Gasteiger partial charge in [0.2, 0.25) is 5.91 Å². The zero-order valence-corrected chi connectivity index (χ0v) is 13.9. The first kappa shape index (κ1) is 17.7. The Labute approximate surface area is 143 Å². The number of carboxylic acid groups (broad SMARTS) is 1. The van der Waals surface area contributed by atoms with Gasteiger partial charge in [-0.3, -0.25) is 9.59 Å². The number of carboxylic acids is 1. The van der Waals surface area contributed by atoms with Crippen LogP contribution in [0.25, 0.3) is 11.1 Å². The molecule has 0 fully saturated rings. The Bertz CT molecular complexity index is 739. The molecule has 2 rings (SSSR count). The number of hydrogen-bond acceptors (Lipinski definition) is 5. The van der Waals surface area contributed by atoms with Gasteiger partial charge in [-0.25, -0.2) is 4.79 Å². The van der Waals surface area contributed by atoms with Gasteiger partial charge in [0, 0.05) is 17.4 Å². The van der Waals surface area contributed by atoms with Crippen molar-refractivity contribution in [3.8, 4) is 11.1 Å². The van der Waals surface area contributed by atoms with Crippen LogP contribution in [0.5, 0.6) is 0 Å². The van der Waals surface area contributed by atoms with Gasteiger partial charge in [0.05, 0.1) is 18.7 Å². The van der Waals surface area contributed by atoms with E-state index < -0.39 is 17.8 Å². The molecule has 0 aliphatic heterocycles. The normalized spacial score (nSPS) is 10.2. The zero-order valence-electron chi connectivity index (χ0n) is 13.1. The number of rotatable bonds is 7. The number of carbonyl (C=O) groups is 3. The molecular weight excluding hydrogens is 330 g/mol. The van der Waals surface area contributed by atoms with Crippen molar-refractivity contribution in [3.63, 3.8) is 0 Å². The van der Waals surface area contributed by atoms with Gasteiger partial charge in [0.1, 0.15) is 4.88 Å². The fourth-order valence-electron chi connectivity index (χ4n) is 2.08. The summed E-state index contributed by atoms with van der Waals surface area (Å²) in [4.78, 5) is 35.0. The summed E-state index contributed by atoms with van der Waals surface area (Å²) in [6.07, 6.45) is -0.437. The molecule has 1 amide bonds. The maximum absolute atomic E-state index is 12.1. The number of carbonyl (C=O) groups excluding carboxylic acids is 2. The van der Waals surface area contributed by atoms with Crippen molar-refractivity contribution in [1.82, 2.24) is 0 Å². The monoisotopic (exact) mass is 347 g/mol. The Hall–Kier alpha value is -2.67. The topological polar surface area (TPSA) is 92.7 Å². The minimum Gasteiger partial charge on any atom is -0.481 e. The van der Waals surface area contributed by atoms with E-state index in [2.05, 4.69) is 5.32 Å². The van der Waals surface area contributed by atoms with Gasteiger partial charge in [-0.15, -0.1) is 11.3 Å². The highest BCUT2D eigenvalue weighted by Crippen LogP contribution is 2.37. The molecule has 2 N–H and O–H groups in total. The SMILES string of the molecule is CCOC(=O)c1scc(-c2ccccc2)c1NC(=O)CCC(=O)O. The molecular formula is C17H17NO5S. The molecule has 1 heterocycles. The average molecular weight is 347 g/mol. The van der Waals surface area contributed by atoms with E-state index in [4.69, 9.17) is 9.84 Å². The molecule has 0 aliphatic carbocycles. The van der Waals surface area contributed by atoms with Gasteiger partial charge >= 0.3 is 11.9 Å². The van der Waals surface area contributed by atoms with Crippen molar-refractivity contribution in [2.45, 2.75) is 19.8 Å². The first-order valence-electron chi connectivity index (χ1n) is 7.38. The van der Waals surface area contributed by atoms with Crippen molar-refractivity contribution in [2.75, 3.05) is 11.9 Å². The third-order valence-corrected chi connectivity index (χ3v) is 4.13. The van der Waals surface area contributed by atoms with Gasteiger partial charge in [0.15, 0.2) is 0 Å². The van der Waals surface area contributed by atoms with E-state index in [1.165, 1.54) is 11.3 Å². The van der Waals surface area contributed by atoms with E-state index in [1.54, 1.807) is 12.3 Å². The summed E-state index contributed by atoms with van der Waals surface area (Å²) in [5, 5.41) is 13.1. The molecule has 6 nitrogen and oxygen atoms in total. The lowest BCUT2D eigenvalue weighted by Crippen LogP contribution is -2.16. The summed E-state index contributed by atoms with van der Waals surface area (Å²) in [6, 6.07) is 9.31. The fourth-order valence-corrected chi connectivity index (χ4v) is 3.01. The number of benzene rings is 1. The minimum atomic E-state index is -1.05. The molecule has 1 aromatic carbocycles. The van der Waals surface area contributed by atoms with Crippen LogP contribution in [-0.2, 0) is 14.3 Å². The number of amides is 1. The Morgan fingerprint density at radius 1 is 1.17 bits per heavy atom.